The summed E-state index contributed by atoms with van der Waals surface area (Å²) < 4.78 is 2.93. The van der Waals surface area contributed by atoms with Crippen molar-refractivity contribution in [3.8, 4) is 0 Å². The summed E-state index contributed by atoms with van der Waals surface area (Å²) in [7, 11) is 1.65. The standard InChI is InChI=1S/C5H6BrN9O2/c1-13-4(9-11-12-13)7-2-14-3(6)8-5(10-14)15(16)17/h2H2,1H3,(H,7,9,12). The monoisotopic (exact) mass is 303 g/mol. The van der Waals surface area contributed by atoms with Crippen LogP contribution in [0.2, 0.25) is 0 Å². The second kappa shape index (κ2) is 4.40. The normalized spacial score (nSPS) is 10.5. The van der Waals surface area contributed by atoms with Crippen LogP contribution >= 0.6 is 15.9 Å². The van der Waals surface area contributed by atoms with E-state index in [-0.39, 0.29) is 11.4 Å². The number of aryl methyl sites for hydroxylation is 1. The fraction of sp³-hybridized carbons (Fsp3) is 0.400. The van der Waals surface area contributed by atoms with Gasteiger partial charge in [-0.2, -0.15) is 0 Å². The minimum atomic E-state index is -0.675. The highest BCUT2D eigenvalue weighted by molar-refractivity contribution is 9.10. The van der Waals surface area contributed by atoms with Crippen molar-refractivity contribution in [3.05, 3.63) is 14.8 Å². The molecule has 2 aromatic heterocycles. The maximum Gasteiger partial charge on any atom is 0.492 e. The maximum atomic E-state index is 10.4. The van der Waals surface area contributed by atoms with Crippen molar-refractivity contribution in [1.29, 1.82) is 0 Å². The molecule has 0 amide bonds. The van der Waals surface area contributed by atoms with Gasteiger partial charge in [0.2, 0.25) is 5.95 Å². The molecule has 0 aliphatic rings. The van der Waals surface area contributed by atoms with E-state index >= 15 is 0 Å². The highest BCUT2D eigenvalue weighted by atomic mass is 79.9. The zero-order valence-electron chi connectivity index (χ0n) is 8.48. The first kappa shape index (κ1) is 11.4. The highest BCUT2D eigenvalue weighted by Gasteiger charge is 2.19. The molecule has 1 N–H and O–H groups in total. The third-order valence-electron chi connectivity index (χ3n) is 1.79. The van der Waals surface area contributed by atoms with E-state index in [9.17, 15) is 10.1 Å². The van der Waals surface area contributed by atoms with E-state index < -0.39 is 10.9 Å². The second-order valence-corrected chi connectivity index (χ2v) is 3.61. The molecule has 0 atom stereocenters. The zero-order valence-corrected chi connectivity index (χ0v) is 10.1. The highest BCUT2D eigenvalue weighted by Crippen LogP contribution is 2.11. The van der Waals surface area contributed by atoms with Gasteiger partial charge in [-0.3, -0.25) is 0 Å². The van der Waals surface area contributed by atoms with Crippen molar-refractivity contribution in [2.75, 3.05) is 5.32 Å². The molecule has 0 spiro atoms. The van der Waals surface area contributed by atoms with Gasteiger partial charge in [-0.15, -0.1) is 4.68 Å². The van der Waals surface area contributed by atoms with Gasteiger partial charge >= 0.3 is 5.95 Å². The number of anilines is 1. The van der Waals surface area contributed by atoms with Gasteiger partial charge in [0, 0.05) is 28.1 Å². The van der Waals surface area contributed by atoms with Crippen LogP contribution in [0.25, 0.3) is 0 Å². The summed E-state index contributed by atoms with van der Waals surface area (Å²) in [5, 5.41) is 27.7. The van der Waals surface area contributed by atoms with E-state index in [1.165, 1.54) is 9.36 Å². The number of nitrogens with one attached hydrogen (secondary N) is 1. The van der Waals surface area contributed by atoms with Gasteiger partial charge in [-0.25, -0.2) is 4.68 Å². The Morgan fingerprint density at radius 1 is 1.59 bits per heavy atom. The molecule has 0 radical (unpaired) electrons. The summed E-state index contributed by atoms with van der Waals surface area (Å²) in [4.78, 5) is 13.4. The molecule has 2 heterocycles. The van der Waals surface area contributed by atoms with Crippen LogP contribution in [0.15, 0.2) is 4.73 Å². The average Bonchev–Trinajstić information content (AvgIpc) is 2.82. The van der Waals surface area contributed by atoms with Crippen LogP contribution in [0, 0.1) is 10.1 Å². The Hall–Kier alpha value is -2.11. The predicted molar refractivity (Wildman–Crippen MR) is 56.8 cm³/mol. The second-order valence-electron chi connectivity index (χ2n) is 2.90. The smallest absolute Gasteiger partial charge is 0.390 e. The van der Waals surface area contributed by atoms with E-state index in [0.717, 1.165) is 0 Å². The fourth-order valence-electron chi connectivity index (χ4n) is 1.01. The molecule has 90 valence electrons. The van der Waals surface area contributed by atoms with E-state index in [0.29, 0.717) is 5.95 Å². The number of hydrogen-bond donors (Lipinski definition) is 1. The van der Waals surface area contributed by atoms with Crippen molar-refractivity contribution in [2.24, 2.45) is 7.05 Å². The Bertz CT molecular complexity index is 547. The van der Waals surface area contributed by atoms with Gasteiger partial charge < -0.3 is 15.4 Å². The Morgan fingerprint density at radius 3 is 2.88 bits per heavy atom. The lowest BCUT2D eigenvalue weighted by Crippen LogP contribution is -2.13. The third kappa shape index (κ3) is 2.35. The molecule has 0 fully saturated rings. The Kier molecular flexibility index (Phi) is 2.95. The van der Waals surface area contributed by atoms with Crippen molar-refractivity contribution in [2.45, 2.75) is 6.67 Å². The molecule has 0 saturated carbocycles. The molecule has 11 nitrogen and oxygen atoms in total. The number of tetrazole rings is 1. The van der Waals surface area contributed by atoms with Crippen LogP contribution in [0.3, 0.4) is 0 Å². The van der Waals surface area contributed by atoms with Crippen LogP contribution < -0.4 is 5.32 Å². The van der Waals surface area contributed by atoms with Gasteiger partial charge in [0.1, 0.15) is 6.67 Å². The lowest BCUT2D eigenvalue weighted by Gasteiger charge is -2.00. The molecule has 0 bridgehead atoms. The summed E-state index contributed by atoms with van der Waals surface area (Å²) in [6, 6.07) is 0. The van der Waals surface area contributed by atoms with Crippen LogP contribution in [-0.4, -0.2) is 39.9 Å². The molecule has 0 aliphatic heterocycles. The Morgan fingerprint density at radius 2 is 2.35 bits per heavy atom. The molecular formula is C5H6BrN9O2. The van der Waals surface area contributed by atoms with Crippen molar-refractivity contribution in [3.63, 3.8) is 0 Å². The maximum absolute atomic E-state index is 10.4. The first-order chi connectivity index (χ1) is 8.08. The summed E-state index contributed by atoms with van der Waals surface area (Å²) in [5.74, 6) is -0.0650. The Labute approximate surface area is 102 Å². The Balaban J connectivity index is 2.09. The molecule has 0 saturated heterocycles. The van der Waals surface area contributed by atoms with E-state index in [1.54, 1.807) is 7.05 Å². The zero-order chi connectivity index (χ0) is 12.4. The first-order valence-electron chi connectivity index (χ1n) is 4.29. The van der Waals surface area contributed by atoms with Gasteiger partial charge in [0.15, 0.2) is 0 Å². The van der Waals surface area contributed by atoms with E-state index in [2.05, 4.69) is 46.9 Å². The van der Waals surface area contributed by atoms with Gasteiger partial charge in [-0.1, -0.05) is 5.10 Å². The van der Waals surface area contributed by atoms with Crippen LogP contribution in [-0.2, 0) is 13.7 Å². The van der Waals surface area contributed by atoms with Crippen LogP contribution in [0.5, 0.6) is 0 Å². The number of nitrogens with zero attached hydrogens (tertiary/aromatic N) is 8. The van der Waals surface area contributed by atoms with Crippen molar-refractivity contribution >= 4 is 27.8 Å². The van der Waals surface area contributed by atoms with Crippen molar-refractivity contribution < 1.29 is 4.92 Å². The largest absolute Gasteiger partial charge is 0.492 e. The van der Waals surface area contributed by atoms with E-state index in [4.69, 9.17) is 0 Å². The molecule has 2 aromatic rings. The summed E-state index contributed by atoms with van der Waals surface area (Å²) in [5.41, 5.74) is 0. The minimum absolute atomic E-state index is 0.148. The molecular weight excluding hydrogens is 298 g/mol. The average molecular weight is 304 g/mol. The van der Waals surface area contributed by atoms with Crippen LogP contribution in [0.1, 0.15) is 0 Å². The molecule has 0 aromatic carbocycles. The number of nitro groups is 1. The lowest BCUT2D eigenvalue weighted by atomic mass is 10.9. The topological polar surface area (TPSA) is 129 Å². The summed E-state index contributed by atoms with van der Waals surface area (Å²) in [6.07, 6.45) is 0. The molecule has 12 heteroatoms. The molecule has 0 aliphatic carbocycles. The number of rotatable bonds is 4. The summed E-state index contributed by atoms with van der Waals surface area (Å²) in [6.45, 7) is 0.148. The van der Waals surface area contributed by atoms with E-state index in [1.807, 2.05) is 0 Å². The minimum Gasteiger partial charge on any atom is -0.390 e. The quantitative estimate of drug-likeness (QED) is 0.593. The number of aromatic nitrogens is 7. The first-order valence-corrected chi connectivity index (χ1v) is 5.08. The fourth-order valence-corrected chi connectivity index (χ4v) is 1.38. The number of hydrogen-bond acceptors (Lipinski definition) is 8. The lowest BCUT2D eigenvalue weighted by molar-refractivity contribution is -0.394. The van der Waals surface area contributed by atoms with Crippen LogP contribution in [0.4, 0.5) is 11.9 Å². The van der Waals surface area contributed by atoms with Crippen molar-refractivity contribution in [1.82, 2.24) is 35.0 Å². The van der Waals surface area contributed by atoms with Gasteiger partial charge in [0.05, 0.1) is 0 Å². The predicted octanol–water partition coefficient (Wildman–Crippen LogP) is -0.458. The number of halogens is 1. The SMILES string of the molecule is Cn1nnnc1NCn1nc([N+](=O)[O-])nc1Br. The summed E-state index contributed by atoms with van der Waals surface area (Å²) >= 11 is 3.05. The van der Waals surface area contributed by atoms with Gasteiger partial charge in [0.25, 0.3) is 4.73 Å². The molecule has 2 rings (SSSR count). The molecule has 0 unspecified atom stereocenters. The van der Waals surface area contributed by atoms with Gasteiger partial charge in [-0.05, 0) is 20.3 Å². The third-order valence-corrected chi connectivity index (χ3v) is 2.37. The molecule has 17 heavy (non-hydrogen) atoms.